The highest BCUT2D eigenvalue weighted by molar-refractivity contribution is 5.71. The van der Waals surface area contributed by atoms with Gasteiger partial charge in [0.2, 0.25) is 0 Å². The molecular weight excluding hydrogens is 214 g/mol. The van der Waals surface area contributed by atoms with Gasteiger partial charge in [-0.3, -0.25) is 4.79 Å². The van der Waals surface area contributed by atoms with Crippen molar-refractivity contribution in [1.82, 2.24) is 4.90 Å². The molecule has 0 spiro atoms. The van der Waals surface area contributed by atoms with Gasteiger partial charge in [0, 0.05) is 6.04 Å². The highest BCUT2D eigenvalue weighted by atomic mass is 16.4. The molecule has 2 atom stereocenters. The second-order valence-electron chi connectivity index (χ2n) is 4.82. The Bertz CT molecular complexity index is 377. The summed E-state index contributed by atoms with van der Waals surface area (Å²) in [5.41, 5.74) is 1.22. The molecule has 3 nitrogen and oxygen atoms in total. The summed E-state index contributed by atoms with van der Waals surface area (Å²) in [6.07, 6.45) is 2.62. The van der Waals surface area contributed by atoms with E-state index < -0.39 is 5.97 Å². The van der Waals surface area contributed by atoms with E-state index in [1.54, 1.807) is 0 Å². The van der Waals surface area contributed by atoms with Crippen LogP contribution in [0.3, 0.4) is 0 Å². The maximum atomic E-state index is 11.3. The van der Waals surface area contributed by atoms with Crippen LogP contribution in [0.5, 0.6) is 0 Å². The molecular formula is C14H19NO2. The highest BCUT2D eigenvalue weighted by Crippen LogP contribution is 2.25. The first-order valence-corrected chi connectivity index (χ1v) is 6.15. The van der Waals surface area contributed by atoms with Gasteiger partial charge in [-0.2, -0.15) is 0 Å². The lowest BCUT2D eigenvalue weighted by molar-refractivity contribution is -0.145. The number of aliphatic carboxylic acids is 1. The molecule has 0 bridgehead atoms. The summed E-state index contributed by atoms with van der Waals surface area (Å²) < 4.78 is 0. The van der Waals surface area contributed by atoms with Crippen molar-refractivity contribution in [1.29, 1.82) is 0 Å². The summed E-state index contributed by atoms with van der Waals surface area (Å²) >= 11 is 0. The van der Waals surface area contributed by atoms with Crippen LogP contribution in [0.2, 0.25) is 0 Å². The molecule has 17 heavy (non-hydrogen) atoms. The summed E-state index contributed by atoms with van der Waals surface area (Å²) in [6, 6.07) is 10.3. The first-order chi connectivity index (χ1) is 8.18. The molecule has 92 valence electrons. The van der Waals surface area contributed by atoms with Gasteiger partial charge in [-0.25, -0.2) is 0 Å². The Labute approximate surface area is 102 Å². The number of nitrogens with zero attached hydrogens (tertiary/aromatic N) is 1. The fourth-order valence-electron chi connectivity index (χ4n) is 2.67. The van der Waals surface area contributed by atoms with Crippen molar-refractivity contribution < 1.29 is 9.90 Å². The average Bonchev–Trinajstić information content (AvgIpc) is 2.33. The third-order valence-corrected chi connectivity index (χ3v) is 3.66. The van der Waals surface area contributed by atoms with Gasteiger partial charge in [-0.15, -0.1) is 0 Å². The Morgan fingerprint density at radius 3 is 2.76 bits per heavy atom. The zero-order valence-corrected chi connectivity index (χ0v) is 10.2. The number of likely N-dealkylation sites (N-methyl/N-ethyl adjacent to an activating group) is 1. The lowest BCUT2D eigenvalue weighted by Gasteiger charge is -2.37. The molecule has 0 aromatic heterocycles. The molecule has 1 fully saturated rings. The van der Waals surface area contributed by atoms with Crippen LogP contribution in [0, 0.1) is 5.92 Å². The molecule has 2 unspecified atom stereocenters. The van der Waals surface area contributed by atoms with Crippen LogP contribution in [0.4, 0.5) is 0 Å². The van der Waals surface area contributed by atoms with Gasteiger partial charge in [0.25, 0.3) is 0 Å². The highest BCUT2D eigenvalue weighted by Gasteiger charge is 2.33. The van der Waals surface area contributed by atoms with Crippen molar-refractivity contribution in [3.05, 3.63) is 35.9 Å². The maximum Gasteiger partial charge on any atom is 0.308 e. The molecule has 1 aromatic carbocycles. The van der Waals surface area contributed by atoms with E-state index in [-0.39, 0.29) is 12.0 Å². The van der Waals surface area contributed by atoms with Gasteiger partial charge in [0.1, 0.15) is 0 Å². The van der Waals surface area contributed by atoms with Crippen LogP contribution in [-0.2, 0) is 11.2 Å². The molecule has 0 radical (unpaired) electrons. The quantitative estimate of drug-likeness (QED) is 0.868. The van der Waals surface area contributed by atoms with Gasteiger partial charge in [0.15, 0.2) is 0 Å². The van der Waals surface area contributed by atoms with Gasteiger partial charge >= 0.3 is 5.97 Å². The normalized spacial score (nSPS) is 25.7. The molecule has 2 rings (SSSR count). The largest absolute Gasteiger partial charge is 0.481 e. The van der Waals surface area contributed by atoms with Crippen LogP contribution in [0.15, 0.2) is 30.3 Å². The van der Waals surface area contributed by atoms with Crippen LogP contribution < -0.4 is 0 Å². The van der Waals surface area contributed by atoms with Gasteiger partial charge in [0.05, 0.1) is 5.92 Å². The monoisotopic (exact) mass is 233 g/mol. The van der Waals surface area contributed by atoms with E-state index in [0.717, 1.165) is 25.8 Å². The predicted octanol–water partition coefficient (Wildman–Crippen LogP) is 2.02. The zero-order chi connectivity index (χ0) is 12.3. The van der Waals surface area contributed by atoms with Crippen molar-refractivity contribution >= 4 is 5.97 Å². The number of carboxylic acids is 1. The molecule has 1 saturated heterocycles. The molecule has 0 amide bonds. The summed E-state index contributed by atoms with van der Waals surface area (Å²) in [5.74, 6) is -0.883. The van der Waals surface area contributed by atoms with Gasteiger partial charge in [-0.05, 0) is 38.4 Å². The smallest absolute Gasteiger partial charge is 0.308 e. The Kier molecular flexibility index (Phi) is 3.79. The molecule has 3 heteroatoms. The van der Waals surface area contributed by atoms with E-state index in [2.05, 4.69) is 17.0 Å². The maximum absolute atomic E-state index is 11.3. The van der Waals surface area contributed by atoms with E-state index in [0.29, 0.717) is 0 Å². The molecule has 1 aliphatic rings. The first-order valence-electron chi connectivity index (χ1n) is 6.15. The summed E-state index contributed by atoms with van der Waals surface area (Å²) in [4.78, 5) is 13.5. The lowest BCUT2D eigenvalue weighted by Crippen LogP contribution is -2.47. The minimum atomic E-state index is -0.655. The van der Waals surface area contributed by atoms with Crippen LogP contribution in [-0.4, -0.2) is 35.6 Å². The fraction of sp³-hybridized carbons (Fsp3) is 0.500. The Balaban J connectivity index is 2.12. The molecule has 1 heterocycles. The molecule has 1 aromatic rings. The van der Waals surface area contributed by atoms with Crippen molar-refractivity contribution in [3.63, 3.8) is 0 Å². The summed E-state index contributed by atoms with van der Waals surface area (Å²) in [6.45, 7) is 1.00. The fourth-order valence-corrected chi connectivity index (χ4v) is 2.67. The number of hydrogen-bond acceptors (Lipinski definition) is 2. The van der Waals surface area contributed by atoms with Crippen molar-refractivity contribution in [2.24, 2.45) is 5.92 Å². The van der Waals surface area contributed by atoms with E-state index in [4.69, 9.17) is 0 Å². The number of piperidine rings is 1. The number of likely N-dealkylation sites (tertiary alicyclic amines) is 1. The predicted molar refractivity (Wildman–Crippen MR) is 66.9 cm³/mol. The van der Waals surface area contributed by atoms with E-state index in [9.17, 15) is 9.90 Å². The average molecular weight is 233 g/mol. The van der Waals surface area contributed by atoms with Crippen LogP contribution in [0.1, 0.15) is 18.4 Å². The van der Waals surface area contributed by atoms with Crippen molar-refractivity contribution in [3.8, 4) is 0 Å². The zero-order valence-electron chi connectivity index (χ0n) is 10.2. The SMILES string of the molecule is CN1CCCC(C(=O)O)C1Cc1ccccc1. The second-order valence-corrected chi connectivity index (χ2v) is 4.82. The molecule has 1 aliphatic heterocycles. The number of carbonyl (C=O) groups is 1. The third-order valence-electron chi connectivity index (χ3n) is 3.66. The minimum Gasteiger partial charge on any atom is -0.481 e. The summed E-state index contributed by atoms with van der Waals surface area (Å²) in [7, 11) is 2.03. The van der Waals surface area contributed by atoms with Crippen molar-refractivity contribution in [2.45, 2.75) is 25.3 Å². The number of carboxylic acid groups (broad SMARTS) is 1. The van der Waals surface area contributed by atoms with Crippen molar-refractivity contribution in [2.75, 3.05) is 13.6 Å². The molecule has 0 aliphatic carbocycles. The molecule has 0 saturated carbocycles. The lowest BCUT2D eigenvalue weighted by atomic mass is 9.85. The first kappa shape index (κ1) is 12.1. The number of benzene rings is 1. The van der Waals surface area contributed by atoms with Crippen LogP contribution >= 0.6 is 0 Å². The molecule has 1 N–H and O–H groups in total. The topological polar surface area (TPSA) is 40.5 Å². The van der Waals surface area contributed by atoms with Crippen LogP contribution in [0.25, 0.3) is 0 Å². The Morgan fingerprint density at radius 1 is 1.41 bits per heavy atom. The Hall–Kier alpha value is -1.35. The summed E-state index contributed by atoms with van der Waals surface area (Å²) in [5, 5.41) is 9.28. The van der Waals surface area contributed by atoms with E-state index in [1.807, 2.05) is 25.2 Å². The second kappa shape index (κ2) is 5.32. The number of rotatable bonds is 3. The Morgan fingerprint density at radius 2 is 2.12 bits per heavy atom. The van der Waals surface area contributed by atoms with E-state index >= 15 is 0 Å². The number of hydrogen-bond donors (Lipinski definition) is 1. The third kappa shape index (κ3) is 2.86. The van der Waals surface area contributed by atoms with E-state index in [1.165, 1.54) is 5.56 Å². The standard InChI is InChI=1S/C14H19NO2/c1-15-9-5-8-12(14(16)17)13(15)10-11-6-3-2-4-7-11/h2-4,6-7,12-13H,5,8-10H2,1H3,(H,16,17). The van der Waals surface area contributed by atoms with Gasteiger partial charge in [-0.1, -0.05) is 30.3 Å². The minimum absolute atomic E-state index is 0.128. The van der Waals surface area contributed by atoms with Gasteiger partial charge < -0.3 is 10.0 Å².